The summed E-state index contributed by atoms with van der Waals surface area (Å²) in [5.74, 6) is 0.321. The smallest absolute Gasteiger partial charge is 0.258 e. The number of nitrogens with one attached hydrogen (secondary N) is 1. The first-order chi connectivity index (χ1) is 16.5. The summed E-state index contributed by atoms with van der Waals surface area (Å²) in [4.78, 5) is 35.9. The number of carbonyl (C=O) groups is 1. The molecule has 1 N–H and O–H groups in total. The summed E-state index contributed by atoms with van der Waals surface area (Å²) in [5, 5.41) is 5.85. The third-order valence-corrected chi connectivity index (χ3v) is 8.50. The second kappa shape index (κ2) is 9.66. The lowest BCUT2D eigenvalue weighted by Crippen LogP contribution is -2.43. The van der Waals surface area contributed by atoms with Crippen LogP contribution >= 0.6 is 23.1 Å². The van der Waals surface area contributed by atoms with Crippen LogP contribution in [0.15, 0.2) is 45.8 Å². The van der Waals surface area contributed by atoms with E-state index >= 15 is 0 Å². The van der Waals surface area contributed by atoms with Gasteiger partial charge in [0, 0.05) is 29.1 Å². The maximum absolute atomic E-state index is 14.2. The Morgan fingerprint density at radius 3 is 2.76 bits per heavy atom. The van der Waals surface area contributed by atoms with Gasteiger partial charge in [-0.2, -0.15) is 0 Å². The molecule has 34 heavy (non-hydrogen) atoms. The minimum Gasteiger partial charge on any atom is -0.301 e. The van der Waals surface area contributed by atoms with Gasteiger partial charge in [0.2, 0.25) is 5.91 Å². The van der Waals surface area contributed by atoms with Crippen molar-refractivity contribution < 1.29 is 4.79 Å². The maximum Gasteiger partial charge on any atom is 0.258 e. The minimum atomic E-state index is -0.146. The van der Waals surface area contributed by atoms with E-state index in [0.717, 1.165) is 48.9 Å². The van der Waals surface area contributed by atoms with E-state index < -0.39 is 0 Å². The van der Waals surface area contributed by atoms with Gasteiger partial charge in [-0.1, -0.05) is 69.1 Å². The van der Waals surface area contributed by atoms with Crippen LogP contribution in [0.25, 0.3) is 11.3 Å². The van der Waals surface area contributed by atoms with Crippen molar-refractivity contribution in [2.75, 3.05) is 11.1 Å². The van der Waals surface area contributed by atoms with Crippen LogP contribution in [0.2, 0.25) is 0 Å². The molecule has 8 heteroatoms. The van der Waals surface area contributed by atoms with Gasteiger partial charge in [-0.05, 0) is 30.7 Å². The number of aromatic nitrogens is 3. The fourth-order valence-corrected chi connectivity index (χ4v) is 6.78. The van der Waals surface area contributed by atoms with Gasteiger partial charge in [0.05, 0.1) is 17.0 Å². The summed E-state index contributed by atoms with van der Waals surface area (Å²) in [5.41, 5.74) is 4.04. The van der Waals surface area contributed by atoms with Gasteiger partial charge in [0.25, 0.3) is 5.56 Å². The van der Waals surface area contributed by atoms with Crippen molar-refractivity contribution >= 4 is 34.1 Å². The number of thiazole rings is 1. The first-order valence-electron chi connectivity index (χ1n) is 12.0. The minimum absolute atomic E-state index is 0.0814. The predicted molar refractivity (Wildman–Crippen MR) is 139 cm³/mol. The zero-order valence-electron chi connectivity index (χ0n) is 19.7. The van der Waals surface area contributed by atoms with Crippen LogP contribution in [0.4, 0.5) is 5.13 Å². The van der Waals surface area contributed by atoms with Crippen LogP contribution in [-0.4, -0.2) is 26.2 Å². The van der Waals surface area contributed by atoms with E-state index in [9.17, 15) is 9.59 Å². The lowest BCUT2D eigenvalue weighted by atomic mass is 9.62. The number of benzene rings is 1. The van der Waals surface area contributed by atoms with E-state index in [0.29, 0.717) is 22.8 Å². The van der Waals surface area contributed by atoms with Crippen LogP contribution in [0.5, 0.6) is 0 Å². The molecule has 1 spiro atoms. The van der Waals surface area contributed by atoms with Gasteiger partial charge in [-0.3, -0.25) is 14.2 Å². The van der Waals surface area contributed by atoms with Gasteiger partial charge in [0.15, 0.2) is 10.3 Å². The van der Waals surface area contributed by atoms with E-state index in [1.165, 1.54) is 35.1 Å². The molecule has 5 rings (SSSR count). The van der Waals surface area contributed by atoms with Crippen LogP contribution < -0.4 is 10.9 Å². The SMILES string of the molecule is CC(C)Cn1c(SCC(=O)Nc2nccs2)nc2c(c1=O)C1(CCCCC1)Cc1ccccc1-2. The standard InChI is InChI=1S/C26H30N4O2S2/c1-17(2)15-30-23(32)21-22(29-25(30)34-16-20(31)28-24-27-12-13-33-24)19-9-5-4-8-18(19)14-26(21)10-6-3-7-11-26/h4-5,8-9,12-13,17H,3,6-7,10-11,14-16H2,1-2H3,(H,27,28,31). The molecule has 1 amide bonds. The molecular weight excluding hydrogens is 464 g/mol. The Kier molecular flexibility index (Phi) is 6.62. The van der Waals surface area contributed by atoms with Crippen molar-refractivity contribution in [3.8, 4) is 11.3 Å². The fraction of sp³-hybridized carbons (Fsp3) is 0.462. The van der Waals surface area contributed by atoms with Gasteiger partial charge < -0.3 is 5.32 Å². The number of anilines is 1. The number of nitrogens with zero attached hydrogens (tertiary/aromatic N) is 3. The lowest BCUT2D eigenvalue weighted by molar-refractivity contribution is -0.113. The number of hydrogen-bond acceptors (Lipinski definition) is 6. The molecule has 1 saturated carbocycles. The van der Waals surface area contributed by atoms with Gasteiger partial charge in [-0.25, -0.2) is 9.97 Å². The Hall–Kier alpha value is -2.45. The Labute approximate surface area is 208 Å². The molecule has 1 aromatic carbocycles. The average Bonchev–Trinajstić information content (AvgIpc) is 3.33. The second-order valence-electron chi connectivity index (χ2n) is 9.78. The number of amides is 1. The van der Waals surface area contributed by atoms with Crippen molar-refractivity contribution in [3.63, 3.8) is 0 Å². The van der Waals surface area contributed by atoms with Gasteiger partial charge >= 0.3 is 0 Å². The van der Waals surface area contributed by atoms with Crippen LogP contribution in [-0.2, 0) is 23.2 Å². The van der Waals surface area contributed by atoms with E-state index in [1.54, 1.807) is 6.20 Å². The first-order valence-corrected chi connectivity index (χ1v) is 13.9. The molecule has 2 aromatic heterocycles. The average molecular weight is 495 g/mol. The van der Waals surface area contributed by atoms with E-state index in [-0.39, 0.29) is 22.6 Å². The molecule has 0 unspecified atom stereocenters. The molecular formula is C26H30N4O2S2. The zero-order valence-corrected chi connectivity index (χ0v) is 21.3. The summed E-state index contributed by atoms with van der Waals surface area (Å²) in [7, 11) is 0. The molecule has 2 aliphatic carbocycles. The first kappa shape index (κ1) is 23.3. The number of fused-ring (bicyclic) bond motifs is 4. The third kappa shape index (κ3) is 4.45. The molecule has 0 bridgehead atoms. The highest BCUT2D eigenvalue weighted by Gasteiger charge is 2.43. The summed E-state index contributed by atoms with van der Waals surface area (Å²) in [6.45, 7) is 4.82. The molecule has 0 aliphatic heterocycles. The number of thioether (sulfide) groups is 1. The highest BCUT2D eigenvalue weighted by Crippen LogP contribution is 2.48. The number of carbonyl (C=O) groups excluding carboxylic acids is 1. The molecule has 0 saturated heterocycles. The Morgan fingerprint density at radius 2 is 2.03 bits per heavy atom. The van der Waals surface area contributed by atoms with Crippen molar-refractivity contribution in [2.24, 2.45) is 5.92 Å². The highest BCUT2D eigenvalue weighted by molar-refractivity contribution is 7.99. The molecule has 1 fully saturated rings. The van der Waals surface area contributed by atoms with Crippen molar-refractivity contribution in [1.29, 1.82) is 0 Å². The molecule has 2 aliphatic rings. The quantitative estimate of drug-likeness (QED) is 0.361. The number of hydrogen-bond donors (Lipinski definition) is 1. The highest BCUT2D eigenvalue weighted by atomic mass is 32.2. The Morgan fingerprint density at radius 1 is 1.24 bits per heavy atom. The summed E-state index contributed by atoms with van der Waals surface area (Å²) in [6.07, 6.45) is 8.19. The molecule has 3 aromatic rings. The Bertz CT molecular complexity index is 1240. The normalized spacial score (nSPS) is 16.3. The van der Waals surface area contributed by atoms with Crippen molar-refractivity contribution in [2.45, 2.75) is 69.5 Å². The molecule has 0 atom stereocenters. The topological polar surface area (TPSA) is 76.9 Å². The largest absolute Gasteiger partial charge is 0.301 e. The Balaban J connectivity index is 1.58. The van der Waals surface area contributed by atoms with Gasteiger partial charge in [0.1, 0.15) is 0 Å². The number of rotatable bonds is 6. The van der Waals surface area contributed by atoms with E-state index in [1.807, 2.05) is 16.0 Å². The fourth-order valence-electron chi connectivity index (χ4n) is 5.43. The van der Waals surface area contributed by atoms with Crippen LogP contribution in [0.1, 0.15) is 57.1 Å². The monoisotopic (exact) mass is 494 g/mol. The lowest BCUT2D eigenvalue weighted by Gasteiger charge is -2.42. The third-order valence-electron chi connectivity index (χ3n) is 6.84. The van der Waals surface area contributed by atoms with E-state index in [2.05, 4.69) is 42.3 Å². The summed E-state index contributed by atoms with van der Waals surface area (Å²) >= 11 is 2.72. The van der Waals surface area contributed by atoms with Crippen molar-refractivity contribution in [3.05, 3.63) is 57.3 Å². The summed E-state index contributed by atoms with van der Waals surface area (Å²) < 4.78 is 1.83. The van der Waals surface area contributed by atoms with Gasteiger partial charge in [-0.15, -0.1) is 11.3 Å². The molecule has 2 heterocycles. The zero-order chi connectivity index (χ0) is 23.7. The summed E-state index contributed by atoms with van der Waals surface area (Å²) in [6, 6.07) is 8.38. The maximum atomic E-state index is 14.2. The predicted octanol–water partition coefficient (Wildman–Crippen LogP) is 5.51. The van der Waals surface area contributed by atoms with Crippen LogP contribution in [0, 0.1) is 5.92 Å². The van der Waals surface area contributed by atoms with E-state index in [4.69, 9.17) is 4.98 Å². The second-order valence-corrected chi connectivity index (χ2v) is 11.6. The molecule has 6 nitrogen and oxygen atoms in total. The van der Waals surface area contributed by atoms with Crippen LogP contribution in [0.3, 0.4) is 0 Å². The molecule has 0 radical (unpaired) electrons. The molecule has 178 valence electrons. The van der Waals surface area contributed by atoms with Crippen molar-refractivity contribution in [1.82, 2.24) is 14.5 Å².